The van der Waals surface area contributed by atoms with E-state index in [-0.39, 0.29) is 10.9 Å². The Balaban J connectivity index is 1.27. The van der Waals surface area contributed by atoms with Crippen molar-refractivity contribution in [1.29, 1.82) is 0 Å². The Bertz CT molecular complexity index is 1570. The van der Waals surface area contributed by atoms with Crippen LogP contribution in [0.3, 0.4) is 0 Å². The lowest BCUT2D eigenvalue weighted by molar-refractivity contribution is -0.274. The van der Waals surface area contributed by atoms with Gasteiger partial charge in [0.1, 0.15) is 11.4 Å². The molecule has 0 amide bonds. The van der Waals surface area contributed by atoms with Crippen molar-refractivity contribution >= 4 is 64.0 Å². The topological polar surface area (TPSA) is 71.7 Å². The van der Waals surface area contributed by atoms with Crippen molar-refractivity contribution in [2.75, 3.05) is 5.32 Å². The zero-order valence-corrected chi connectivity index (χ0v) is 22.7. The highest BCUT2D eigenvalue weighted by molar-refractivity contribution is 7.80. The SMILES string of the molecule is FC(F)(F)Oc1ccc(-c2onc3c2CCc2cc(C=NNC(=S)Nc4c(Cl)cc(Cl)cc4Cl)ccc2-3)cc1. The number of ether oxygens (including phenoxy) is 1. The van der Waals surface area contributed by atoms with Crippen molar-refractivity contribution in [1.82, 2.24) is 10.6 Å². The molecule has 1 heterocycles. The molecule has 0 saturated carbocycles. The molecule has 0 fully saturated rings. The van der Waals surface area contributed by atoms with E-state index in [0.29, 0.717) is 50.6 Å². The number of aryl methyl sites for hydroxylation is 1. The lowest BCUT2D eigenvalue weighted by Crippen LogP contribution is -2.24. The molecule has 1 aliphatic carbocycles. The number of aromatic nitrogens is 1. The van der Waals surface area contributed by atoms with E-state index < -0.39 is 6.36 Å². The fourth-order valence-electron chi connectivity index (χ4n) is 4.15. The zero-order valence-electron chi connectivity index (χ0n) is 19.6. The van der Waals surface area contributed by atoms with Gasteiger partial charge in [0.05, 0.1) is 21.9 Å². The molecule has 6 nitrogen and oxygen atoms in total. The number of rotatable bonds is 5. The van der Waals surface area contributed by atoms with E-state index in [2.05, 4.69) is 25.7 Å². The van der Waals surface area contributed by atoms with E-state index in [1.807, 2.05) is 18.2 Å². The molecule has 0 atom stereocenters. The van der Waals surface area contributed by atoms with Crippen molar-refractivity contribution in [2.45, 2.75) is 19.2 Å². The largest absolute Gasteiger partial charge is 0.573 e. The van der Waals surface area contributed by atoms with Crippen LogP contribution in [0.25, 0.3) is 22.6 Å². The van der Waals surface area contributed by atoms with Crippen molar-refractivity contribution in [2.24, 2.45) is 5.10 Å². The van der Waals surface area contributed by atoms with E-state index in [1.165, 1.54) is 24.3 Å². The fourth-order valence-corrected chi connectivity index (χ4v) is 5.21. The number of alkyl halides is 3. The lowest BCUT2D eigenvalue weighted by atomic mass is 9.87. The first-order chi connectivity index (χ1) is 18.6. The first-order valence-corrected chi connectivity index (χ1v) is 12.8. The van der Waals surface area contributed by atoms with Gasteiger partial charge in [0.15, 0.2) is 10.9 Å². The predicted molar refractivity (Wildman–Crippen MR) is 150 cm³/mol. The Labute approximate surface area is 240 Å². The summed E-state index contributed by atoms with van der Waals surface area (Å²) in [5.74, 6) is 0.216. The molecule has 5 rings (SSSR count). The van der Waals surface area contributed by atoms with Gasteiger partial charge in [0.25, 0.3) is 0 Å². The lowest BCUT2D eigenvalue weighted by Gasteiger charge is -2.16. The summed E-state index contributed by atoms with van der Waals surface area (Å²) in [6.07, 6.45) is -1.77. The number of hydrogen-bond acceptors (Lipinski definition) is 5. The van der Waals surface area contributed by atoms with Crippen LogP contribution in [0.1, 0.15) is 16.7 Å². The maximum Gasteiger partial charge on any atom is 0.573 e. The summed E-state index contributed by atoms with van der Waals surface area (Å²) < 4.78 is 46.9. The van der Waals surface area contributed by atoms with Crippen LogP contribution in [-0.2, 0) is 12.8 Å². The van der Waals surface area contributed by atoms with E-state index >= 15 is 0 Å². The summed E-state index contributed by atoms with van der Waals surface area (Å²) >= 11 is 23.5. The summed E-state index contributed by atoms with van der Waals surface area (Å²) in [7, 11) is 0. The van der Waals surface area contributed by atoms with Gasteiger partial charge in [-0.3, -0.25) is 5.43 Å². The maximum absolute atomic E-state index is 12.4. The van der Waals surface area contributed by atoms with Gasteiger partial charge in [0, 0.05) is 21.7 Å². The number of fused-ring (bicyclic) bond motifs is 3. The summed E-state index contributed by atoms with van der Waals surface area (Å²) in [5, 5.41) is 12.5. The monoisotopic (exact) mass is 610 g/mol. The van der Waals surface area contributed by atoms with Crippen molar-refractivity contribution in [3.8, 4) is 28.3 Å². The Morgan fingerprint density at radius 3 is 2.44 bits per heavy atom. The molecule has 1 aliphatic rings. The maximum atomic E-state index is 12.4. The third-order valence-electron chi connectivity index (χ3n) is 5.79. The molecule has 0 unspecified atom stereocenters. The molecule has 3 aromatic carbocycles. The van der Waals surface area contributed by atoms with Crippen molar-refractivity contribution in [3.05, 3.63) is 86.4 Å². The van der Waals surface area contributed by atoms with Crippen molar-refractivity contribution in [3.63, 3.8) is 0 Å². The quantitative estimate of drug-likeness (QED) is 0.134. The van der Waals surface area contributed by atoms with E-state index in [1.54, 1.807) is 18.3 Å². The van der Waals surface area contributed by atoms with E-state index in [9.17, 15) is 13.2 Å². The van der Waals surface area contributed by atoms with Crippen LogP contribution < -0.4 is 15.5 Å². The van der Waals surface area contributed by atoms with Crippen molar-refractivity contribution < 1.29 is 22.4 Å². The molecule has 200 valence electrons. The van der Waals surface area contributed by atoms with Gasteiger partial charge < -0.3 is 14.6 Å². The smallest absolute Gasteiger partial charge is 0.406 e. The number of benzene rings is 3. The summed E-state index contributed by atoms with van der Waals surface area (Å²) in [6.45, 7) is 0. The van der Waals surface area contributed by atoms with E-state index in [4.69, 9.17) is 51.5 Å². The number of thiocarbonyl (C=S) groups is 1. The van der Waals surface area contributed by atoms with Crippen LogP contribution in [0.15, 0.2) is 64.2 Å². The molecule has 0 aliphatic heterocycles. The van der Waals surface area contributed by atoms with Gasteiger partial charge in [-0.25, -0.2) is 0 Å². The van der Waals surface area contributed by atoms with Crippen LogP contribution in [0.4, 0.5) is 18.9 Å². The third kappa shape index (κ3) is 6.30. The van der Waals surface area contributed by atoms with Gasteiger partial charge in [-0.2, -0.15) is 5.10 Å². The number of nitrogens with zero attached hydrogens (tertiary/aromatic N) is 2. The van der Waals surface area contributed by atoms with Crippen LogP contribution in [0.5, 0.6) is 5.75 Å². The highest BCUT2D eigenvalue weighted by Gasteiger charge is 2.31. The average Bonchev–Trinajstić information content (AvgIpc) is 3.30. The predicted octanol–water partition coefficient (Wildman–Crippen LogP) is 8.29. The van der Waals surface area contributed by atoms with Crippen LogP contribution >= 0.6 is 47.0 Å². The molecule has 1 aromatic heterocycles. The van der Waals surface area contributed by atoms with Gasteiger partial charge in [-0.05, 0) is 78.7 Å². The Morgan fingerprint density at radius 1 is 1.03 bits per heavy atom. The summed E-state index contributed by atoms with van der Waals surface area (Å²) in [6, 6.07) is 14.4. The Kier molecular flexibility index (Phi) is 7.73. The highest BCUT2D eigenvalue weighted by atomic mass is 35.5. The summed E-state index contributed by atoms with van der Waals surface area (Å²) in [4.78, 5) is 0. The number of nitrogens with one attached hydrogen (secondary N) is 2. The standard InChI is InChI=1S/C26H16Cl3F3N4O2S/c27-16-10-20(28)23(21(29)11-16)34-25(39)35-33-12-13-1-7-18-15(9-13)4-8-19-22(18)36-38-24(19)14-2-5-17(6-3-14)37-26(30,31)32/h1-3,5-7,9-12H,4,8H2,(H2,34,35,39). The molecule has 0 bridgehead atoms. The van der Waals surface area contributed by atoms with Gasteiger partial charge in [0.2, 0.25) is 0 Å². The number of hydrazone groups is 1. The first-order valence-electron chi connectivity index (χ1n) is 11.3. The molecular formula is C26H16Cl3F3N4O2S. The minimum Gasteiger partial charge on any atom is -0.406 e. The molecule has 13 heteroatoms. The van der Waals surface area contributed by atoms with Crippen LogP contribution in [-0.4, -0.2) is 22.8 Å². The zero-order chi connectivity index (χ0) is 27.7. The number of anilines is 1. The number of halogens is 6. The van der Waals surface area contributed by atoms with E-state index in [0.717, 1.165) is 22.3 Å². The second kappa shape index (κ2) is 11.1. The van der Waals surface area contributed by atoms with Gasteiger partial charge in [-0.15, -0.1) is 13.2 Å². The van der Waals surface area contributed by atoms with Gasteiger partial charge >= 0.3 is 6.36 Å². The molecule has 2 N–H and O–H groups in total. The molecule has 0 saturated heterocycles. The molecular weight excluding hydrogens is 596 g/mol. The van der Waals surface area contributed by atoms with Gasteiger partial charge in [-0.1, -0.05) is 52.1 Å². The molecule has 39 heavy (non-hydrogen) atoms. The molecule has 4 aromatic rings. The highest BCUT2D eigenvalue weighted by Crippen LogP contribution is 2.39. The fraction of sp³-hybridized carbons (Fsp3) is 0.115. The summed E-state index contributed by atoms with van der Waals surface area (Å²) in [5.41, 5.74) is 8.15. The third-order valence-corrected chi connectivity index (χ3v) is 6.80. The molecule has 0 radical (unpaired) electrons. The first kappa shape index (κ1) is 27.3. The number of hydrogen-bond donors (Lipinski definition) is 2. The average molecular weight is 612 g/mol. The minimum absolute atomic E-state index is 0.188. The normalized spacial score (nSPS) is 12.7. The minimum atomic E-state index is -4.75. The Morgan fingerprint density at radius 2 is 1.74 bits per heavy atom. The van der Waals surface area contributed by atoms with Crippen LogP contribution in [0.2, 0.25) is 15.1 Å². The molecule has 0 spiro atoms. The van der Waals surface area contributed by atoms with Crippen LogP contribution in [0, 0.1) is 0 Å². The second-order valence-corrected chi connectivity index (χ2v) is 10.1. The second-order valence-electron chi connectivity index (χ2n) is 8.40. The Hall–Kier alpha value is -3.31.